The number of allylic oxidation sites excluding steroid dienone is 1. The van der Waals surface area contributed by atoms with E-state index in [-0.39, 0.29) is 11.7 Å². The summed E-state index contributed by atoms with van der Waals surface area (Å²) in [7, 11) is 0. The van der Waals surface area contributed by atoms with Gasteiger partial charge in [-0.2, -0.15) is 0 Å². The van der Waals surface area contributed by atoms with E-state index in [0.717, 1.165) is 24.5 Å². The molecule has 0 aliphatic carbocycles. The smallest absolute Gasteiger partial charge is 0.338 e. The molecule has 0 bridgehead atoms. The Balaban J connectivity index is 1.59. The van der Waals surface area contributed by atoms with Crippen molar-refractivity contribution >= 4 is 29.3 Å². The Hall–Kier alpha value is -3.63. The van der Waals surface area contributed by atoms with Crippen molar-refractivity contribution in [1.82, 2.24) is 4.57 Å². The van der Waals surface area contributed by atoms with Crippen LogP contribution < -0.4 is 24.5 Å². The lowest BCUT2D eigenvalue weighted by atomic mass is 9.96. The highest BCUT2D eigenvalue weighted by Gasteiger charge is 2.33. The number of carbonyl (C=O) groups is 1. The summed E-state index contributed by atoms with van der Waals surface area (Å²) in [6, 6.07) is 10.5. The first-order valence-corrected chi connectivity index (χ1v) is 13.6. The van der Waals surface area contributed by atoms with E-state index in [1.807, 2.05) is 43.3 Å². The summed E-state index contributed by atoms with van der Waals surface area (Å²) in [4.78, 5) is 34.3. The van der Waals surface area contributed by atoms with Crippen LogP contribution in [0.2, 0.25) is 0 Å². The van der Waals surface area contributed by atoms with E-state index in [1.165, 1.54) is 11.3 Å². The van der Waals surface area contributed by atoms with Gasteiger partial charge < -0.3 is 23.5 Å². The number of anilines is 1. The molecule has 200 valence electrons. The van der Waals surface area contributed by atoms with Gasteiger partial charge in [0.25, 0.3) is 5.56 Å². The van der Waals surface area contributed by atoms with Crippen LogP contribution in [0.4, 0.5) is 5.88 Å². The molecule has 9 nitrogen and oxygen atoms in total. The van der Waals surface area contributed by atoms with Gasteiger partial charge in [0.15, 0.2) is 10.7 Å². The van der Waals surface area contributed by atoms with Crippen molar-refractivity contribution in [1.29, 1.82) is 0 Å². The Kier molecular flexibility index (Phi) is 7.53. The van der Waals surface area contributed by atoms with E-state index < -0.39 is 12.0 Å². The molecule has 10 heteroatoms. The number of hydrogen-bond acceptors (Lipinski definition) is 9. The first-order chi connectivity index (χ1) is 18.4. The number of benzene rings is 1. The first kappa shape index (κ1) is 26.0. The van der Waals surface area contributed by atoms with Crippen molar-refractivity contribution in [2.75, 3.05) is 37.8 Å². The molecule has 4 heterocycles. The van der Waals surface area contributed by atoms with Crippen molar-refractivity contribution in [3.63, 3.8) is 0 Å². The van der Waals surface area contributed by atoms with E-state index in [1.54, 1.807) is 31.4 Å². The lowest BCUT2D eigenvalue weighted by Gasteiger charge is -2.26. The highest BCUT2D eigenvalue weighted by Crippen LogP contribution is 2.32. The molecule has 2 aromatic heterocycles. The standard InChI is InChI=1S/C28H31N3O6S/c1-5-35-20-8-6-19(7-9-20)25-24(27(33)36-17(2)3)18(4)29-28-31(25)26(32)22(38-28)16-21-10-11-23(37-21)30-12-14-34-15-13-30/h6-11,16-17,25H,5,12-15H2,1-4H3/b22-16+/t25-/m0/s1. The van der Waals surface area contributed by atoms with Crippen molar-refractivity contribution in [3.8, 4) is 5.75 Å². The average Bonchev–Trinajstić information content (AvgIpc) is 3.48. The number of carbonyl (C=O) groups excluding carboxylic acids is 1. The van der Waals surface area contributed by atoms with E-state index in [2.05, 4.69) is 9.89 Å². The van der Waals surface area contributed by atoms with Crippen LogP contribution in [0.25, 0.3) is 6.08 Å². The Bertz CT molecular complexity index is 1520. The van der Waals surface area contributed by atoms with Gasteiger partial charge in [0.2, 0.25) is 0 Å². The fourth-order valence-electron chi connectivity index (χ4n) is 4.59. The fourth-order valence-corrected chi connectivity index (χ4v) is 5.62. The molecule has 0 N–H and O–H groups in total. The van der Waals surface area contributed by atoms with Crippen molar-refractivity contribution in [3.05, 3.63) is 78.7 Å². The van der Waals surface area contributed by atoms with Crippen LogP contribution in [-0.2, 0) is 14.3 Å². The summed E-state index contributed by atoms with van der Waals surface area (Å²) in [6.45, 7) is 10.6. The predicted molar refractivity (Wildman–Crippen MR) is 144 cm³/mol. The molecular weight excluding hydrogens is 506 g/mol. The van der Waals surface area contributed by atoms with Gasteiger partial charge in [-0.15, -0.1) is 0 Å². The number of thiazole rings is 1. The topological polar surface area (TPSA) is 95.5 Å². The molecule has 2 aliphatic rings. The summed E-state index contributed by atoms with van der Waals surface area (Å²) in [5.74, 6) is 1.54. The van der Waals surface area contributed by atoms with E-state index >= 15 is 0 Å². The number of fused-ring (bicyclic) bond motifs is 1. The second kappa shape index (κ2) is 11.0. The van der Waals surface area contributed by atoms with Gasteiger partial charge in [-0.1, -0.05) is 23.5 Å². The summed E-state index contributed by atoms with van der Waals surface area (Å²) >= 11 is 1.27. The number of furan rings is 1. The van der Waals surface area contributed by atoms with Crippen LogP contribution in [0.5, 0.6) is 5.75 Å². The van der Waals surface area contributed by atoms with E-state index in [4.69, 9.17) is 18.6 Å². The van der Waals surface area contributed by atoms with Gasteiger partial charge >= 0.3 is 5.97 Å². The normalized spacial score (nSPS) is 18.0. The van der Waals surface area contributed by atoms with Gasteiger partial charge in [-0.3, -0.25) is 9.36 Å². The Labute approximate surface area is 224 Å². The van der Waals surface area contributed by atoms with Crippen LogP contribution in [0, 0.1) is 0 Å². The number of aromatic nitrogens is 1. The second-order valence-corrected chi connectivity index (χ2v) is 10.3. The third-order valence-corrected chi connectivity index (χ3v) is 7.28. The molecule has 5 rings (SSSR count). The van der Waals surface area contributed by atoms with Crippen LogP contribution >= 0.6 is 11.3 Å². The molecule has 1 atom stereocenters. The molecule has 1 aromatic carbocycles. The maximum absolute atomic E-state index is 13.8. The van der Waals surface area contributed by atoms with Gasteiger partial charge in [0.05, 0.1) is 47.8 Å². The van der Waals surface area contributed by atoms with Crippen LogP contribution in [0.3, 0.4) is 0 Å². The SMILES string of the molecule is CCOc1ccc([C@H]2C(C(=O)OC(C)C)=C(C)N=c3s/c(=C/c4ccc(N5CCOCC5)o4)c(=O)n32)cc1. The van der Waals surface area contributed by atoms with Gasteiger partial charge in [-0.05, 0) is 51.5 Å². The summed E-state index contributed by atoms with van der Waals surface area (Å²) in [5, 5.41) is 0. The molecule has 0 spiro atoms. The largest absolute Gasteiger partial charge is 0.494 e. The third kappa shape index (κ3) is 5.19. The molecule has 0 saturated carbocycles. The number of nitrogens with zero attached hydrogens (tertiary/aromatic N) is 3. The van der Waals surface area contributed by atoms with Crippen molar-refractivity contribution in [2.24, 2.45) is 4.99 Å². The number of rotatable bonds is 7. The lowest BCUT2D eigenvalue weighted by Crippen LogP contribution is -2.40. The number of morpholine rings is 1. The summed E-state index contributed by atoms with van der Waals surface area (Å²) in [6.07, 6.45) is 1.42. The highest BCUT2D eigenvalue weighted by molar-refractivity contribution is 7.07. The second-order valence-electron chi connectivity index (χ2n) is 9.31. The monoisotopic (exact) mass is 537 g/mol. The summed E-state index contributed by atoms with van der Waals surface area (Å²) in [5.41, 5.74) is 1.38. The fraction of sp³-hybridized carbons (Fsp3) is 0.393. The molecule has 3 aromatic rings. The van der Waals surface area contributed by atoms with Crippen LogP contribution in [-0.4, -0.2) is 49.6 Å². The Morgan fingerprint density at radius 2 is 1.92 bits per heavy atom. The minimum absolute atomic E-state index is 0.251. The molecule has 0 radical (unpaired) electrons. The molecule has 1 fully saturated rings. The third-order valence-electron chi connectivity index (χ3n) is 6.30. The molecule has 1 saturated heterocycles. The van der Waals surface area contributed by atoms with Gasteiger partial charge in [0.1, 0.15) is 11.5 Å². The van der Waals surface area contributed by atoms with E-state index in [0.29, 0.717) is 51.9 Å². The average molecular weight is 538 g/mol. The number of hydrogen-bond donors (Lipinski definition) is 0. The zero-order chi connectivity index (χ0) is 26.8. The zero-order valence-corrected chi connectivity index (χ0v) is 22.7. The lowest BCUT2D eigenvalue weighted by molar-refractivity contribution is -0.143. The zero-order valence-electron chi connectivity index (χ0n) is 21.9. The van der Waals surface area contributed by atoms with Crippen molar-refractivity contribution < 1.29 is 23.4 Å². The quantitative estimate of drug-likeness (QED) is 0.428. The van der Waals surface area contributed by atoms with Gasteiger partial charge in [0, 0.05) is 25.2 Å². The van der Waals surface area contributed by atoms with Crippen molar-refractivity contribution in [2.45, 2.75) is 39.8 Å². The first-order valence-electron chi connectivity index (χ1n) is 12.7. The maximum atomic E-state index is 13.8. The highest BCUT2D eigenvalue weighted by atomic mass is 32.1. The maximum Gasteiger partial charge on any atom is 0.338 e. The molecular formula is C28H31N3O6S. The van der Waals surface area contributed by atoms with Crippen LogP contribution in [0.1, 0.15) is 45.1 Å². The summed E-state index contributed by atoms with van der Waals surface area (Å²) < 4.78 is 24.6. The van der Waals surface area contributed by atoms with Crippen LogP contribution in [0.15, 0.2) is 61.9 Å². The number of ether oxygens (including phenoxy) is 3. The molecule has 0 amide bonds. The Morgan fingerprint density at radius 3 is 2.61 bits per heavy atom. The predicted octanol–water partition coefficient (Wildman–Crippen LogP) is 3.02. The number of esters is 1. The Morgan fingerprint density at radius 1 is 1.18 bits per heavy atom. The minimum atomic E-state index is -0.684. The van der Waals surface area contributed by atoms with Gasteiger partial charge in [-0.25, -0.2) is 9.79 Å². The minimum Gasteiger partial charge on any atom is -0.494 e. The molecule has 0 unspecified atom stereocenters. The van der Waals surface area contributed by atoms with E-state index in [9.17, 15) is 9.59 Å². The molecule has 2 aliphatic heterocycles. The molecule has 38 heavy (non-hydrogen) atoms.